The number of primary amides is 1. The highest BCUT2D eigenvalue weighted by Gasteiger charge is 2.41. The molecule has 0 aliphatic carbocycles. The molecule has 1 saturated heterocycles. The smallest absolute Gasteiger partial charge is 0.408 e. The Morgan fingerprint density at radius 2 is 1.19 bits per heavy atom. The van der Waals surface area contributed by atoms with Gasteiger partial charge in [-0.15, -0.1) is 0 Å². The third-order valence-corrected chi connectivity index (χ3v) is 15.1. The number of amides is 9. The van der Waals surface area contributed by atoms with Crippen molar-refractivity contribution < 1.29 is 63.2 Å². The van der Waals surface area contributed by atoms with E-state index in [1.807, 2.05) is 27.7 Å². The van der Waals surface area contributed by atoms with Crippen LogP contribution in [0.3, 0.4) is 0 Å². The van der Waals surface area contributed by atoms with E-state index in [-0.39, 0.29) is 75.5 Å². The molecule has 4 aromatic rings. The average Bonchev–Trinajstić information content (AvgIpc) is 4.49. The molecule has 3 heterocycles. The standard InChI is InChI=1S/C62H91N13O13/c1-10-37(6)52(59(85)72-49(32-76)53(63)79)74-57(83)46(26-39-18-20-43(77)21-19-39)69-54(80)40(23-35(2)3)27-51(78)44(24-36(4)5)68-56(82)47(28-41-30-64-33-66-41)70-55(81)45(25-38-15-12-11-13-16-38)71-58(84)50-17-14-22-75(50)60(86)48(29-42-31-65-34-67-42)73-61(87)88-62(7,8)9/h11-13,15-16,18-21,30-31,33-37,40,44-52,76-78H,10,14,17,22-29,32H2,1-9H3,(H2,63,79)(H,64,66)(H,65,67)(H,68,82)(H,69,80)(H,70,81)(H,71,84)(H,72,85)(H,73,87)(H,74,83)/t37-,40-,44-,45-,46-,47-,48-,49-,50-,51-,52-/m0/s1. The van der Waals surface area contributed by atoms with E-state index in [2.05, 4.69) is 57.2 Å². The number of alkyl carbamates (subject to hydrolysis) is 1. The normalized spacial score (nSPS) is 16.7. The molecular formula is C62H91N13O13. The van der Waals surface area contributed by atoms with Gasteiger partial charge >= 0.3 is 6.09 Å². The number of hydrogen-bond acceptors (Lipinski definition) is 15. The second-order valence-corrected chi connectivity index (χ2v) is 24.6. The number of nitrogens with two attached hydrogens (primary N) is 1. The summed E-state index contributed by atoms with van der Waals surface area (Å²) in [7, 11) is 0. The molecule has 482 valence electrons. The third-order valence-electron chi connectivity index (χ3n) is 15.1. The van der Waals surface area contributed by atoms with Crippen LogP contribution in [0.1, 0.15) is 123 Å². The van der Waals surface area contributed by atoms with E-state index in [4.69, 9.17) is 10.5 Å². The SMILES string of the molecule is CC[C@H](C)[C@H](NC(=O)[C@H](Cc1ccc(O)cc1)NC(=O)[C@@H](CC(C)C)C[C@H](O)[C@H](CC(C)C)NC(=O)[C@H](Cc1cnc[nH]1)NC(=O)[C@H](Cc1ccccc1)NC(=O)[C@@H]1CCCN1C(=O)[C@H](Cc1cnc[nH]1)NC(=O)OC(C)(C)C)C(=O)N[C@@H](CO)C(N)=O. The average molecular weight is 1230 g/mol. The fraction of sp³-hybridized carbons (Fsp3) is 0.565. The van der Waals surface area contributed by atoms with Crippen LogP contribution < -0.4 is 43.0 Å². The Kier molecular flexibility index (Phi) is 26.9. The molecule has 1 aliphatic heterocycles. The molecule has 9 amide bonds. The maximum atomic E-state index is 14.8. The van der Waals surface area contributed by atoms with E-state index in [9.17, 15) is 58.5 Å². The van der Waals surface area contributed by atoms with E-state index in [0.29, 0.717) is 35.4 Å². The van der Waals surface area contributed by atoms with Crippen LogP contribution in [-0.2, 0) is 68.8 Å². The van der Waals surface area contributed by atoms with Crippen molar-refractivity contribution in [3.8, 4) is 5.75 Å². The van der Waals surface area contributed by atoms with Crippen molar-refractivity contribution in [3.05, 3.63) is 102 Å². The number of carbonyl (C=O) groups excluding carboxylic acids is 9. The van der Waals surface area contributed by atoms with Crippen LogP contribution in [-0.4, -0.2) is 167 Å². The van der Waals surface area contributed by atoms with Crippen molar-refractivity contribution in [1.29, 1.82) is 0 Å². The van der Waals surface area contributed by atoms with Crippen molar-refractivity contribution in [2.45, 2.75) is 187 Å². The number of ether oxygens (including phenoxy) is 1. The molecular weight excluding hydrogens is 1130 g/mol. The highest BCUT2D eigenvalue weighted by atomic mass is 16.6. The third kappa shape index (κ3) is 22.4. The van der Waals surface area contributed by atoms with Crippen molar-refractivity contribution in [3.63, 3.8) is 0 Å². The Morgan fingerprint density at radius 3 is 1.74 bits per heavy atom. The molecule has 0 radical (unpaired) electrons. The van der Waals surface area contributed by atoms with Gasteiger partial charge in [-0.2, -0.15) is 0 Å². The lowest BCUT2D eigenvalue weighted by Gasteiger charge is -2.32. The molecule has 1 aliphatic rings. The van der Waals surface area contributed by atoms with E-state index in [1.165, 1.54) is 42.1 Å². The summed E-state index contributed by atoms with van der Waals surface area (Å²) in [5.74, 6) is -7.53. The first-order chi connectivity index (χ1) is 41.6. The zero-order valence-corrected chi connectivity index (χ0v) is 51.8. The highest BCUT2D eigenvalue weighted by molar-refractivity contribution is 5.97. The number of aromatic nitrogens is 4. The van der Waals surface area contributed by atoms with Gasteiger partial charge in [0, 0.05) is 61.9 Å². The van der Waals surface area contributed by atoms with Crippen molar-refractivity contribution in [1.82, 2.24) is 62.1 Å². The number of likely N-dealkylation sites (tertiary alicyclic amines) is 1. The van der Waals surface area contributed by atoms with Gasteiger partial charge in [0.05, 0.1) is 31.4 Å². The summed E-state index contributed by atoms with van der Waals surface area (Å²) in [4.78, 5) is 142. The van der Waals surface area contributed by atoms with Gasteiger partial charge in [0.25, 0.3) is 0 Å². The molecule has 0 bridgehead atoms. The topological polar surface area (TPSA) is 394 Å². The number of benzene rings is 2. The minimum absolute atomic E-state index is 0.00833. The first kappa shape index (κ1) is 70.4. The number of aliphatic hydroxyl groups excluding tert-OH is 2. The predicted octanol–water partition coefficient (Wildman–Crippen LogP) is 1.89. The molecule has 2 aromatic heterocycles. The summed E-state index contributed by atoms with van der Waals surface area (Å²) in [6, 6.07) is 5.05. The number of imidazole rings is 2. The number of H-pyrrole nitrogens is 2. The molecule has 1 fully saturated rings. The van der Waals surface area contributed by atoms with Crippen molar-refractivity contribution in [2.75, 3.05) is 13.2 Å². The van der Waals surface area contributed by atoms with E-state index >= 15 is 0 Å². The molecule has 26 heteroatoms. The van der Waals surface area contributed by atoms with Gasteiger partial charge in [0.15, 0.2) is 0 Å². The lowest BCUT2D eigenvalue weighted by Crippen LogP contribution is -2.60. The number of phenolic OH excluding ortho intramolecular Hbond substituents is 1. The lowest BCUT2D eigenvalue weighted by atomic mass is 9.86. The zero-order chi connectivity index (χ0) is 64.8. The summed E-state index contributed by atoms with van der Waals surface area (Å²) in [5, 5.41) is 51.3. The highest BCUT2D eigenvalue weighted by Crippen LogP contribution is 2.25. The Hall–Kier alpha value is -8.39. The molecule has 5 rings (SSSR count). The first-order valence-electron chi connectivity index (χ1n) is 30.1. The van der Waals surface area contributed by atoms with Gasteiger partial charge in [-0.1, -0.05) is 90.4 Å². The molecule has 26 nitrogen and oxygen atoms in total. The van der Waals surface area contributed by atoms with Gasteiger partial charge < -0.3 is 77.9 Å². The monoisotopic (exact) mass is 1230 g/mol. The zero-order valence-electron chi connectivity index (χ0n) is 51.8. The number of aromatic amines is 2. The number of nitrogens with one attached hydrogen (secondary N) is 9. The fourth-order valence-corrected chi connectivity index (χ4v) is 10.4. The maximum absolute atomic E-state index is 14.8. The maximum Gasteiger partial charge on any atom is 0.408 e. The van der Waals surface area contributed by atoms with E-state index in [1.54, 1.807) is 77.1 Å². The van der Waals surface area contributed by atoms with Crippen molar-refractivity contribution in [2.24, 2.45) is 29.4 Å². The summed E-state index contributed by atoms with van der Waals surface area (Å²) in [5.41, 5.74) is 6.72. The van der Waals surface area contributed by atoms with Crippen molar-refractivity contribution >= 4 is 53.4 Å². The van der Waals surface area contributed by atoms with Crippen LogP contribution >= 0.6 is 0 Å². The molecule has 0 unspecified atom stereocenters. The van der Waals surface area contributed by atoms with Crippen LogP contribution in [0.5, 0.6) is 5.75 Å². The fourth-order valence-electron chi connectivity index (χ4n) is 10.4. The second kappa shape index (κ2) is 33.7. The predicted molar refractivity (Wildman–Crippen MR) is 325 cm³/mol. The number of rotatable bonds is 33. The number of aliphatic hydroxyl groups is 2. The first-order valence-corrected chi connectivity index (χ1v) is 30.1. The number of hydrogen-bond donors (Lipinski definition) is 13. The lowest BCUT2D eigenvalue weighted by molar-refractivity contribution is -0.141. The van der Waals surface area contributed by atoms with Gasteiger partial charge in [0.1, 0.15) is 53.6 Å². The number of nitrogens with zero attached hydrogens (tertiary/aromatic N) is 3. The molecule has 88 heavy (non-hydrogen) atoms. The Bertz CT molecular complexity index is 2900. The Balaban J connectivity index is 1.39. The van der Waals surface area contributed by atoms with Crippen LogP contribution in [0.4, 0.5) is 4.79 Å². The quantitative estimate of drug-likeness (QED) is 0.0324. The van der Waals surface area contributed by atoms with Crippen LogP contribution in [0, 0.1) is 23.7 Å². The van der Waals surface area contributed by atoms with E-state index < -0.39 is 132 Å². The minimum Gasteiger partial charge on any atom is -0.508 e. The second-order valence-electron chi connectivity index (χ2n) is 24.6. The van der Waals surface area contributed by atoms with Gasteiger partial charge in [-0.05, 0) is 93.9 Å². The molecule has 14 N–H and O–H groups in total. The summed E-state index contributed by atoms with van der Waals surface area (Å²) >= 11 is 0. The molecule has 0 spiro atoms. The van der Waals surface area contributed by atoms with Crippen LogP contribution in [0.15, 0.2) is 79.6 Å². The number of carbonyl (C=O) groups is 9. The number of aromatic hydroxyl groups is 1. The van der Waals surface area contributed by atoms with Crippen LogP contribution in [0.25, 0.3) is 0 Å². The summed E-state index contributed by atoms with van der Waals surface area (Å²) < 4.78 is 5.48. The molecule has 0 saturated carbocycles. The Labute approximate surface area is 513 Å². The minimum atomic E-state index is -1.43. The summed E-state index contributed by atoms with van der Waals surface area (Å²) in [6.07, 6.45) is 4.73. The van der Waals surface area contributed by atoms with Crippen LogP contribution in [0.2, 0.25) is 0 Å². The van der Waals surface area contributed by atoms with Gasteiger partial charge in [-0.3, -0.25) is 38.4 Å². The van der Waals surface area contributed by atoms with Gasteiger partial charge in [-0.25, -0.2) is 14.8 Å². The van der Waals surface area contributed by atoms with E-state index in [0.717, 1.165) is 0 Å². The summed E-state index contributed by atoms with van der Waals surface area (Å²) in [6.45, 7) is 15.5. The molecule has 11 atom stereocenters. The Morgan fingerprint density at radius 1 is 0.659 bits per heavy atom. The molecule has 2 aromatic carbocycles. The number of phenols is 1. The largest absolute Gasteiger partial charge is 0.508 e. The van der Waals surface area contributed by atoms with Gasteiger partial charge in [0.2, 0.25) is 47.3 Å².